The van der Waals surface area contributed by atoms with Crippen LogP contribution in [0.15, 0.2) is 0 Å². The van der Waals surface area contributed by atoms with Gasteiger partial charge in [0.1, 0.15) is 0 Å². The average Bonchev–Trinajstić information content (AvgIpc) is 3.17. The van der Waals surface area contributed by atoms with Crippen molar-refractivity contribution in [1.82, 2.24) is 0 Å². The van der Waals surface area contributed by atoms with Crippen molar-refractivity contribution in [2.24, 2.45) is 10.8 Å². The van der Waals surface area contributed by atoms with Crippen LogP contribution in [0, 0.1) is 10.8 Å². The maximum Gasteiger partial charge on any atom is 0.303 e. The fraction of sp³-hybridized carbons (Fsp3) is 0.857. The molecule has 0 unspecified atom stereocenters. The van der Waals surface area contributed by atoms with E-state index in [1.165, 1.54) is 0 Å². The van der Waals surface area contributed by atoms with Gasteiger partial charge in [0.15, 0.2) is 0 Å². The molecule has 0 amide bonds. The number of carbonyl (C=O) groups is 2. The first-order valence-electron chi connectivity index (χ1n) is 6.97. The minimum atomic E-state index is -0.726. The largest absolute Gasteiger partial charge is 0.481 e. The van der Waals surface area contributed by atoms with Crippen molar-refractivity contribution in [3.8, 4) is 0 Å². The van der Waals surface area contributed by atoms with Gasteiger partial charge in [0.2, 0.25) is 0 Å². The Hall–Kier alpha value is -1.10. The second-order valence-electron chi connectivity index (χ2n) is 6.25. The fourth-order valence-electron chi connectivity index (χ4n) is 2.70. The minimum Gasteiger partial charge on any atom is -0.481 e. The third-order valence-corrected chi connectivity index (χ3v) is 4.52. The van der Waals surface area contributed by atoms with Crippen molar-refractivity contribution in [2.45, 2.75) is 51.4 Å². The van der Waals surface area contributed by atoms with Crippen LogP contribution in [0.5, 0.6) is 0 Å². The summed E-state index contributed by atoms with van der Waals surface area (Å²) in [5.41, 5.74) is -0.0195. The standard InChI is InChI=1S/C14H22O5/c15-11(16)9-13(1-2-13)5-7-19-8-6-14(3-4-14)10-12(17)18/h1-10H2,(H,15,16)(H,17,18). The van der Waals surface area contributed by atoms with E-state index in [1.54, 1.807) is 0 Å². The van der Waals surface area contributed by atoms with Gasteiger partial charge in [-0.2, -0.15) is 0 Å². The fourth-order valence-corrected chi connectivity index (χ4v) is 2.70. The van der Waals surface area contributed by atoms with Crippen molar-refractivity contribution in [1.29, 1.82) is 0 Å². The van der Waals surface area contributed by atoms with E-state index in [9.17, 15) is 9.59 Å². The van der Waals surface area contributed by atoms with Crippen LogP contribution in [0.25, 0.3) is 0 Å². The normalized spacial score (nSPS) is 21.9. The molecule has 2 aliphatic carbocycles. The number of ether oxygens (including phenoxy) is 1. The first-order chi connectivity index (χ1) is 8.95. The van der Waals surface area contributed by atoms with Crippen molar-refractivity contribution in [2.75, 3.05) is 13.2 Å². The average molecular weight is 270 g/mol. The van der Waals surface area contributed by atoms with Crippen molar-refractivity contribution >= 4 is 11.9 Å². The molecular formula is C14H22O5. The molecule has 0 saturated heterocycles. The molecule has 2 rings (SSSR count). The SMILES string of the molecule is O=C(O)CC1(CCOCCC2(CC(=O)O)CC2)CC1. The molecule has 0 aliphatic heterocycles. The molecule has 0 radical (unpaired) electrons. The third-order valence-electron chi connectivity index (χ3n) is 4.52. The molecule has 2 aliphatic rings. The number of aliphatic carboxylic acids is 2. The van der Waals surface area contributed by atoms with Crippen LogP contribution in [0.3, 0.4) is 0 Å². The quantitative estimate of drug-likeness (QED) is 0.595. The molecular weight excluding hydrogens is 248 g/mol. The van der Waals surface area contributed by atoms with E-state index in [2.05, 4.69) is 0 Å². The van der Waals surface area contributed by atoms with Crippen molar-refractivity contribution in [3.05, 3.63) is 0 Å². The Morgan fingerprint density at radius 3 is 1.47 bits per heavy atom. The van der Waals surface area contributed by atoms with Crippen LogP contribution in [0.2, 0.25) is 0 Å². The number of hydrogen-bond donors (Lipinski definition) is 2. The van der Waals surface area contributed by atoms with Crippen LogP contribution in [0.4, 0.5) is 0 Å². The first-order valence-corrected chi connectivity index (χ1v) is 6.97. The predicted molar refractivity (Wildman–Crippen MR) is 67.9 cm³/mol. The van der Waals surface area contributed by atoms with Gasteiger partial charge in [-0.05, 0) is 49.4 Å². The van der Waals surface area contributed by atoms with Gasteiger partial charge in [-0.1, -0.05) is 0 Å². The minimum absolute atomic E-state index is 0.00976. The molecule has 2 fully saturated rings. The number of rotatable bonds is 10. The molecule has 108 valence electrons. The lowest BCUT2D eigenvalue weighted by Gasteiger charge is -2.15. The van der Waals surface area contributed by atoms with Gasteiger partial charge in [0, 0.05) is 13.2 Å². The molecule has 0 atom stereocenters. The molecule has 0 aromatic heterocycles. The molecule has 0 aromatic rings. The maximum absolute atomic E-state index is 10.7. The van der Waals surface area contributed by atoms with Gasteiger partial charge < -0.3 is 14.9 Å². The van der Waals surface area contributed by atoms with Gasteiger partial charge >= 0.3 is 11.9 Å². The smallest absolute Gasteiger partial charge is 0.303 e. The molecule has 0 bridgehead atoms. The van der Waals surface area contributed by atoms with Gasteiger partial charge in [-0.3, -0.25) is 9.59 Å². The summed E-state index contributed by atoms with van der Waals surface area (Å²) in [5, 5.41) is 17.6. The number of hydrogen-bond acceptors (Lipinski definition) is 3. The van der Waals surface area contributed by atoms with Gasteiger partial charge in [0.25, 0.3) is 0 Å². The molecule has 0 aromatic carbocycles. The maximum atomic E-state index is 10.7. The zero-order valence-corrected chi connectivity index (χ0v) is 11.2. The van der Waals surface area contributed by atoms with E-state index in [4.69, 9.17) is 14.9 Å². The predicted octanol–water partition coefficient (Wildman–Crippen LogP) is 2.29. The summed E-state index contributed by atoms with van der Waals surface area (Å²) < 4.78 is 5.56. The lowest BCUT2D eigenvalue weighted by Crippen LogP contribution is -2.14. The zero-order chi connectivity index (χ0) is 13.9. The summed E-state index contributed by atoms with van der Waals surface area (Å²) >= 11 is 0. The van der Waals surface area contributed by atoms with Crippen LogP contribution in [0.1, 0.15) is 51.4 Å². The molecule has 0 spiro atoms. The van der Waals surface area contributed by atoms with E-state index in [0.717, 1.165) is 38.5 Å². The van der Waals surface area contributed by atoms with E-state index in [1.807, 2.05) is 0 Å². The highest BCUT2D eigenvalue weighted by Gasteiger charge is 2.45. The summed E-state index contributed by atoms with van der Waals surface area (Å²) in [6.07, 6.45) is 6.09. The van der Waals surface area contributed by atoms with Gasteiger partial charge in [-0.25, -0.2) is 0 Å². The summed E-state index contributed by atoms with van der Waals surface area (Å²) in [6.45, 7) is 1.19. The van der Waals surface area contributed by atoms with Crippen LogP contribution in [-0.4, -0.2) is 35.4 Å². The molecule has 0 heterocycles. The second-order valence-corrected chi connectivity index (χ2v) is 6.25. The van der Waals surface area contributed by atoms with E-state index < -0.39 is 11.9 Å². The Labute approximate surface area is 112 Å². The Morgan fingerprint density at radius 2 is 1.21 bits per heavy atom. The lowest BCUT2D eigenvalue weighted by molar-refractivity contribution is -0.139. The van der Waals surface area contributed by atoms with Crippen LogP contribution in [-0.2, 0) is 14.3 Å². The molecule has 5 heteroatoms. The lowest BCUT2D eigenvalue weighted by atomic mass is 9.98. The van der Waals surface area contributed by atoms with E-state index in [0.29, 0.717) is 13.2 Å². The van der Waals surface area contributed by atoms with E-state index >= 15 is 0 Å². The Morgan fingerprint density at radius 1 is 0.842 bits per heavy atom. The Balaban J connectivity index is 1.55. The summed E-state index contributed by atoms with van der Waals surface area (Å²) in [7, 11) is 0. The summed E-state index contributed by atoms with van der Waals surface area (Å²) in [4.78, 5) is 21.4. The summed E-state index contributed by atoms with van der Waals surface area (Å²) in [6, 6.07) is 0. The molecule has 2 saturated carbocycles. The first kappa shape index (κ1) is 14.3. The second kappa shape index (κ2) is 5.49. The summed E-state index contributed by atoms with van der Waals surface area (Å²) in [5.74, 6) is -1.45. The highest BCUT2D eigenvalue weighted by molar-refractivity contribution is 5.68. The van der Waals surface area contributed by atoms with Crippen molar-refractivity contribution < 1.29 is 24.5 Å². The van der Waals surface area contributed by atoms with Crippen LogP contribution >= 0.6 is 0 Å². The zero-order valence-electron chi connectivity index (χ0n) is 11.2. The topological polar surface area (TPSA) is 83.8 Å². The molecule has 19 heavy (non-hydrogen) atoms. The monoisotopic (exact) mass is 270 g/mol. The molecule has 5 nitrogen and oxygen atoms in total. The number of carboxylic acids is 2. The highest BCUT2D eigenvalue weighted by atomic mass is 16.5. The van der Waals surface area contributed by atoms with Gasteiger partial charge in [0.05, 0.1) is 12.8 Å². The number of carboxylic acid groups (broad SMARTS) is 2. The highest BCUT2D eigenvalue weighted by Crippen LogP contribution is 2.53. The third kappa shape index (κ3) is 4.49. The Bertz CT molecular complexity index is 321. The van der Waals surface area contributed by atoms with Gasteiger partial charge in [-0.15, -0.1) is 0 Å². The van der Waals surface area contributed by atoms with Crippen molar-refractivity contribution in [3.63, 3.8) is 0 Å². The molecule has 2 N–H and O–H groups in total. The Kier molecular flexibility index (Phi) is 4.13. The van der Waals surface area contributed by atoms with E-state index in [-0.39, 0.29) is 23.7 Å². The van der Waals surface area contributed by atoms with Crippen LogP contribution < -0.4 is 0 Å².